The molecule has 0 spiro atoms. The number of rotatable bonds is 9. The van der Waals surface area contributed by atoms with Crippen molar-refractivity contribution >= 4 is 29.7 Å². The summed E-state index contributed by atoms with van der Waals surface area (Å²) < 4.78 is 0. The van der Waals surface area contributed by atoms with Crippen molar-refractivity contribution < 1.29 is 39.3 Å². The van der Waals surface area contributed by atoms with Gasteiger partial charge in [0.05, 0.1) is 12.5 Å². The first-order chi connectivity index (χ1) is 11.6. The fraction of sp³-hybridized carbons (Fsp3) is 0.643. The molecule has 1 rings (SSSR count). The van der Waals surface area contributed by atoms with Crippen LogP contribution in [-0.4, -0.2) is 74.6 Å². The Morgan fingerprint density at radius 3 is 2.28 bits per heavy atom. The molecule has 1 saturated heterocycles. The second kappa shape index (κ2) is 8.97. The van der Waals surface area contributed by atoms with Crippen LogP contribution >= 0.6 is 0 Å². The highest BCUT2D eigenvalue weighted by Crippen LogP contribution is 2.19. The summed E-state index contributed by atoms with van der Waals surface area (Å²) in [6.45, 7) is 0.177. The molecule has 11 nitrogen and oxygen atoms in total. The Morgan fingerprint density at radius 2 is 1.76 bits per heavy atom. The van der Waals surface area contributed by atoms with Crippen LogP contribution in [0.5, 0.6) is 0 Å². The van der Waals surface area contributed by atoms with Crippen molar-refractivity contribution in [2.75, 3.05) is 6.54 Å². The molecule has 3 atom stereocenters. The van der Waals surface area contributed by atoms with E-state index in [4.69, 9.17) is 21.1 Å². The van der Waals surface area contributed by atoms with E-state index in [0.29, 0.717) is 6.42 Å². The van der Waals surface area contributed by atoms with Crippen molar-refractivity contribution in [2.24, 2.45) is 5.73 Å². The Hall–Kier alpha value is -2.69. The van der Waals surface area contributed by atoms with Crippen molar-refractivity contribution in [1.82, 2.24) is 10.2 Å². The van der Waals surface area contributed by atoms with E-state index in [1.165, 1.54) is 0 Å². The molecule has 140 valence electrons. The van der Waals surface area contributed by atoms with E-state index in [2.05, 4.69) is 5.32 Å². The molecule has 0 radical (unpaired) electrons. The van der Waals surface area contributed by atoms with Crippen LogP contribution in [0.25, 0.3) is 0 Å². The lowest BCUT2D eigenvalue weighted by molar-refractivity contribution is -0.150. The van der Waals surface area contributed by atoms with Crippen LogP contribution in [0, 0.1) is 0 Å². The standard InChI is InChI=1S/C14H21N3O8/c15-7(6-11(20)21)12(22)16-8(3-4-10(18)19)13(23)17-5-1-2-9(17)14(24)25/h7-9H,1-6,15H2,(H,16,22)(H,18,19)(H,20,21)(H,24,25)/t7-,8-,9+/m0/s1. The van der Waals surface area contributed by atoms with Crippen molar-refractivity contribution in [1.29, 1.82) is 0 Å². The van der Waals surface area contributed by atoms with E-state index in [1.807, 2.05) is 0 Å². The lowest BCUT2D eigenvalue weighted by atomic mass is 10.1. The molecule has 6 N–H and O–H groups in total. The maximum absolute atomic E-state index is 12.6. The fourth-order valence-corrected chi connectivity index (χ4v) is 2.57. The summed E-state index contributed by atoms with van der Waals surface area (Å²) in [6.07, 6.45) is -0.619. The van der Waals surface area contributed by atoms with E-state index >= 15 is 0 Å². The summed E-state index contributed by atoms with van der Waals surface area (Å²) in [5.74, 6) is -5.32. The largest absolute Gasteiger partial charge is 0.481 e. The van der Waals surface area contributed by atoms with E-state index in [0.717, 1.165) is 4.90 Å². The van der Waals surface area contributed by atoms with Gasteiger partial charge in [-0.2, -0.15) is 0 Å². The number of likely N-dealkylation sites (tertiary alicyclic amines) is 1. The second-order valence-corrected chi connectivity index (χ2v) is 5.73. The highest BCUT2D eigenvalue weighted by atomic mass is 16.4. The molecular formula is C14H21N3O8. The van der Waals surface area contributed by atoms with Gasteiger partial charge in [-0.15, -0.1) is 0 Å². The van der Waals surface area contributed by atoms with Crippen LogP contribution < -0.4 is 11.1 Å². The predicted octanol–water partition coefficient (Wildman–Crippen LogP) is -1.79. The second-order valence-electron chi connectivity index (χ2n) is 5.73. The molecule has 0 bridgehead atoms. The summed E-state index contributed by atoms with van der Waals surface area (Å²) in [6, 6.07) is -3.74. The minimum Gasteiger partial charge on any atom is -0.481 e. The number of carboxylic acid groups (broad SMARTS) is 3. The molecule has 0 unspecified atom stereocenters. The average Bonchev–Trinajstić information content (AvgIpc) is 2.99. The monoisotopic (exact) mass is 359 g/mol. The van der Waals surface area contributed by atoms with Crippen LogP contribution in [-0.2, 0) is 24.0 Å². The molecule has 0 saturated carbocycles. The SMILES string of the molecule is N[C@@H](CC(=O)O)C(=O)N[C@@H](CCC(=O)O)C(=O)N1CCC[C@@H]1C(=O)O. The minimum atomic E-state index is -1.41. The number of carboxylic acids is 3. The third-order valence-corrected chi connectivity index (χ3v) is 3.81. The number of hydrogen-bond acceptors (Lipinski definition) is 6. The topological polar surface area (TPSA) is 187 Å². The molecule has 0 aliphatic carbocycles. The number of hydrogen-bond donors (Lipinski definition) is 5. The van der Waals surface area contributed by atoms with Crippen molar-refractivity contribution in [3.63, 3.8) is 0 Å². The van der Waals surface area contributed by atoms with Crippen LogP contribution in [0.4, 0.5) is 0 Å². The normalized spacial score (nSPS) is 19.1. The van der Waals surface area contributed by atoms with Crippen LogP contribution in [0.1, 0.15) is 32.1 Å². The molecular weight excluding hydrogens is 338 g/mol. The highest BCUT2D eigenvalue weighted by Gasteiger charge is 2.38. The zero-order chi connectivity index (χ0) is 19.1. The zero-order valence-electron chi connectivity index (χ0n) is 13.4. The van der Waals surface area contributed by atoms with E-state index in [1.54, 1.807) is 0 Å². The van der Waals surface area contributed by atoms with Crippen LogP contribution in [0.2, 0.25) is 0 Å². The third-order valence-electron chi connectivity index (χ3n) is 3.81. The van der Waals surface area contributed by atoms with Crippen LogP contribution in [0.3, 0.4) is 0 Å². The molecule has 1 heterocycles. The number of amides is 2. The first-order valence-electron chi connectivity index (χ1n) is 7.66. The van der Waals surface area contributed by atoms with Gasteiger partial charge >= 0.3 is 17.9 Å². The van der Waals surface area contributed by atoms with Gasteiger partial charge in [-0.1, -0.05) is 0 Å². The molecule has 1 aliphatic heterocycles. The number of nitrogens with zero attached hydrogens (tertiary/aromatic N) is 1. The van der Waals surface area contributed by atoms with Crippen LogP contribution in [0.15, 0.2) is 0 Å². The third kappa shape index (κ3) is 6.03. The summed E-state index contributed by atoms with van der Waals surface area (Å²) in [5.41, 5.74) is 5.42. The lowest BCUT2D eigenvalue weighted by Crippen LogP contribution is -2.54. The molecule has 1 fully saturated rings. The lowest BCUT2D eigenvalue weighted by Gasteiger charge is -2.27. The number of nitrogens with one attached hydrogen (secondary N) is 1. The van der Waals surface area contributed by atoms with Gasteiger partial charge in [0.25, 0.3) is 0 Å². The predicted molar refractivity (Wildman–Crippen MR) is 81.4 cm³/mol. The van der Waals surface area contributed by atoms with Gasteiger partial charge in [0.15, 0.2) is 0 Å². The molecule has 0 aromatic carbocycles. The number of carbonyl (C=O) groups is 5. The van der Waals surface area contributed by atoms with Gasteiger partial charge in [0.1, 0.15) is 12.1 Å². The van der Waals surface area contributed by atoms with Crippen molar-refractivity contribution in [2.45, 2.75) is 50.2 Å². The highest BCUT2D eigenvalue weighted by molar-refractivity contribution is 5.93. The van der Waals surface area contributed by atoms with Gasteiger partial charge in [0.2, 0.25) is 11.8 Å². The molecule has 1 aliphatic rings. The Labute approximate surface area is 142 Å². The molecule has 11 heteroatoms. The maximum Gasteiger partial charge on any atom is 0.326 e. The van der Waals surface area contributed by atoms with E-state index < -0.39 is 60.7 Å². The number of aliphatic carboxylic acids is 3. The molecule has 0 aromatic heterocycles. The Kier molecular flexibility index (Phi) is 7.30. The molecule has 25 heavy (non-hydrogen) atoms. The quantitative estimate of drug-likeness (QED) is 0.317. The van der Waals surface area contributed by atoms with Crippen molar-refractivity contribution in [3.05, 3.63) is 0 Å². The zero-order valence-corrected chi connectivity index (χ0v) is 13.4. The Morgan fingerprint density at radius 1 is 1.12 bits per heavy atom. The van der Waals surface area contributed by atoms with Gasteiger partial charge in [-0.3, -0.25) is 19.2 Å². The van der Waals surface area contributed by atoms with Gasteiger partial charge in [-0.25, -0.2) is 4.79 Å². The summed E-state index contributed by atoms with van der Waals surface area (Å²) in [7, 11) is 0. The molecule has 0 aromatic rings. The maximum atomic E-state index is 12.6. The van der Waals surface area contributed by atoms with Crippen molar-refractivity contribution in [3.8, 4) is 0 Å². The molecule has 2 amide bonds. The first kappa shape index (κ1) is 20.4. The summed E-state index contributed by atoms with van der Waals surface area (Å²) in [5, 5.41) is 28.8. The summed E-state index contributed by atoms with van der Waals surface area (Å²) >= 11 is 0. The van der Waals surface area contributed by atoms with E-state index in [-0.39, 0.29) is 19.4 Å². The minimum absolute atomic E-state index is 0.177. The van der Waals surface area contributed by atoms with E-state index in [9.17, 15) is 24.0 Å². The number of carbonyl (C=O) groups excluding carboxylic acids is 2. The Balaban J connectivity index is 2.86. The first-order valence-corrected chi connectivity index (χ1v) is 7.66. The smallest absolute Gasteiger partial charge is 0.326 e. The average molecular weight is 359 g/mol. The fourth-order valence-electron chi connectivity index (χ4n) is 2.57. The number of nitrogens with two attached hydrogens (primary N) is 1. The van der Waals surface area contributed by atoms with Gasteiger partial charge in [0, 0.05) is 13.0 Å². The Bertz CT molecular complexity index is 564. The van der Waals surface area contributed by atoms with Gasteiger partial charge in [-0.05, 0) is 19.3 Å². The van der Waals surface area contributed by atoms with Gasteiger partial charge < -0.3 is 31.3 Å². The summed E-state index contributed by atoms with van der Waals surface area (Å²) in [4.78, 5) is 58.1.